The van der Waals surface area contributed by atoms with Gasteiger partial charge >= 0.3 is 5.63 Å². The number of carbonyl (C=O) groups excluding carboxylic acids is 1. The normalized spacial score (nSPS) is 10.7. The molecule has 0 N–H and O–H groups in total. The third kappa shape index (κ3) is 2.21. The van der Waals surface area contributed by atoms with E-state index in [4.69, 9.17) is 16.0 Å². The number of hydrogen-bond donors (Lipinski definition) is 0. The lowest BCUT2D eigenvalue weighted by Gasteiger charge is -2.02. The predicted octanol–water partition coefficient (Wildman–Crippen LogP) is 3.23. The Bertz CT molecular complexity index is 856. The molecule has 98 valence electrons. The minimum absolute atomic E-state index is 0.233. The van der Waals surface area contributed by atoms with Crippen molar-refractivity contribution in [2.75, 3.05) is 0 Å². The first-order valence-electron chi connectivity index (χ1n) is 5.85. The number of carbonyl (C=O) groups is 1. The van der Waals surface area contributed by atoms with Crippen LogP contribution in [0.1, 0.15) is 10.4 Å². The lowest BCUT2D eigenvalue weighted by atomic mass is 10.1. The summed E-state index contributed by atoms with van der Waals surface area (Å²) in [5, 5.41) is -0.394. The summed E-state index contributed by atoms with van der Waals surface area (Å²) in [6.45, 7) is 0. The topological polar surface area (TPSA) is 60.2 Å². The van der Waals surface area contributed by atoms with Gasteiger partial charge < -0.3 is 4.42 Å². The third-order valence-corrected chi connectivity index (χ3v) is 3.09. The van der Waals surface area contributed by atoms with Crippen LogP contribution in [0.25, 0.3) is 22.4 Å². The van der Waals surface area contributed by atoms with Gasteiger partial charge in [0.15, 0.2) is 0 Å². The van der Waals surface area contributed by atoms with Crippen molar-refractivity contribution >= 4 is 27.7 Å². The van der Waals surface area contributed by atoms with Crippen LogP contribution in [-0.4, -0.2) is 10.2 Å². The molecule has 0 spiro atoms. The van der Waals surface area contributed by atoms with Crippen LogP contribution in [0.4, 0.5) is 0 Å². The molecule has 1 aromatic heterocycles. The molecule has 0 unspecified atom stereocenters. The molecule has 0 fully saturated rings. The number of halogens is 1. The average molecular weight is 286 g/mol. The summed E-state index contributed by atoms with van der Waals surface area (Å²) in [6.07, 6.45) is 0. The van der Waals surface area contributed by atoms with Crippen LogP contribution in [0.2, 0.25) is 0 Å². The van der Waals surface area contributed by atoms with E-state index in [2.05, 4.69) is 4.98 Å². The van der Waals surface area contributed by atoms with Crippen LogP contribution in [0.15, 0.2) is 57.7 Å². The van der Waals surface area contributed by atoms with E-state index in [1.165, 1.54) is 12.1 Å². The van der Waals surface area contributed by atoms with Crippen molar-refractivity contribution in [2.24, 2.45) is 0 Å². The molecule has 0 saturated heterocycles. The van der Waals surface area contributed by atoms with Crippen molar-refractivity contribution in [2.45, 2.75) is 0 Å². The van der Waals surface area contributed by atoms with E-state index in [1.54, 1.807) is 18.2 Å². The third-order valence-electron chi connectivity index (χ3n) is 2.88. The van der Waals surface area contributed by atoms with Crippen LogP contribution in [-0.2, 0) is 0 Å². The molecule has 0 aliphatic heterocycles. The highest BCUT2D eigenvalue weighted by molar-refractivity contribution is 6.67. The van der Waals surface area contributed by atoms with Crippen molar-refractivity contribution in [3.8, 4) is 11.5 Å². The van der Waals surface area contributed by atoms with E-state index < -0.39 is 10.9 Å². The van der Waals surface area contributed by atoms with Crippen molar-refractivity contribution in [1.82, 2.24) is 4.98 Å². The molecule has 0 atom stereocenters. The quantitative estimate of drug-likeness (QED) is 0.678. The molecule has 3 rings (SSSR count). The van der Waals surface area contributed by atoms with Crippen LogP contribution in [0.3, 0.4) is 0 Å². The van der Waals surface area contributed by atoms with E-state index in [-0.39, 0.29) is 16.8 Å². The standard InChI is InChI=1S/C15H8ClNO3/c16-13(18)10-6-7-12-11(8-10)15(19)20-14(17-12)9-4-2-1-3-5-9/h1-8H. The molecule has 5 heteroatoms. The SMILES string of the molecule is O=C(Cl)c1ccc2nc(-c3ccccc3)oc(=O)c2c1. The Kier molecular flexibility index (Phi) is 3.08. The van der Waals surface area contributed by atoms with Gasteiger partial charge in [0.25, 0.3) is 5.24 Å². The van der Waals surface area contributed by atoms with Gasteiger partial charge in [-0.1, -0.05) is 18.2 Å². The van der Waals surface area contributed by atoms with Gasteiger partial charge in [-0.2, -0.15) is 0 Å². The average Bonchev–Trinajstić information content (AvgIpc) is 2.47. The Labute approximate surface area is 118 Å². The molecule has 20 heavy (non-hydrogen) atoms. The highest BCUT2D eigenvalue weighted by Gasteiger charge is 2.10. The van der Waals surface area contributed by atoms with Crippen LogP contribution in [0, 0.1) is 0 Å². The fourth-order valence-electron chi connectivity index (χ4n) is 1.90. The molecule has 0 aliphatic rings. The fraction of sp³-hybridized carbons (Fsp3) is 0. The molecule has 0 aliphatic carbocycles. The lowest BCUT2D eigenvalue weighted by molar-refractivity contribution is 0.108. The Hall–Kier alpha value is -2.46. The maximum Gasteiger partial charge on any atom is 0.347 e. The molecular weight excluding hydrogens is 278 g/mol. The minimum atomic E-state index is -0.626. The Morgan fingerprint density at radius 2 is 1.85 bits per heavy atom. The number of benzene rings is 2. The van der Waals surface area contributed by atoms with Gasteiger partial charge in [0.1, 0.15) is 0 Å². The Morgan fingerprint density at radius 1 is 1.10 bits per heavy atom. The van der Waals surface area contributed by atoms with Gasteiger partial charge in [-0.3, -0.25) is 4.79 Å². The predicted molar refractivity (Wildman–Crippen MR) is 75.9 cm³/mol. The number of nitrogens with zero attached hydrogens (tertiary/aromatic N) is 1. The number of fused-ring (bicyclic) bond motifs is 1. The van der Waals surface area contributed by atoms with Crippen LogP contribution in [0.5, 0.6) is 0 Å². The van der Waals surface area contributed by atoms with E-state index >= 15 is 0 Å². The molecular formula is C15H8ClNO3. The van der Waals surface area contributed by atoms with E-state index in [0.29, 0.717) is 11.1 Å². The first-order valence-corrected chi connectivity index (χ1v) is 6.23. The summed E-state index contributed by atoms with van der Waals surface area (Å²) in [4.78, 5) is 27.4. The summed E-state index contributed by atoms with van der Waals surface area (Å²) < 4.78 is 5.19. The van der Waals surface area contributed by atoms with Crippen molar-refractivity contribution in [1.29, 1.82) is 0 Å². The summed E-state index contributed by atoms with van der Waals surface area (Å²) in [6, 6.07) is 13.6. The summed E-state index contributed by atoms with van der Waals surface area (Å²) in [7, 11) is 0. The van der Waals surface area contributed by atoms with Crippen LogP contribution < -0.4 is 5.63 Å². The van der Waals surface area contributed by atoms with Gasteiger partial charge in [0.05, 0.1) is 10.9 Å². The maximum atomic E-state index is 12.0. The smallest absolute Gasteiger partial charge is 0.347 e. The van der Waals surface area contributed by atoms with Gasteiger partial charge in [-0.05, 0) is 41.9 Å². The molecule has 1 heterocycles. The van der Waals surface area contributed by atoms with Crippen LogP contribution >= 0.6 is 11.6 Å². The molecule has 3 aromatic rings. The number of rotatable bonds is 2. The second-order valence-corrected chi connectivity index (χ2v) is 4.52. The highest BCUT2D eigenvalue weighted by atomic mass is 35.5. The number of hydrogen-bond acceptors (Lipinski definition) is 4. The summed E-state index contributed by atoms with van der Waals surface area (Å²) in [5.41, 5.74) is 0.861. The molecule has 4 nitrogen and oxygen atoms in total. The zero-order valence-corrected chi connectivity index (χ0v) is 10.9. The zero-order chi connectivity index (χ0) is 14.1. The first-order chi connectivity index (χ1) is 9.65. The van der Waals surface area contributed by atoms with Gasteiger partial charge in [-0.25, -0.2) is 9.78 Å². The fourth-order valence-corrected chi connectivity index (χ4v) is 2.02. The first kappa shape index (κ1) is 12.6. The molecule has 0 saturated carbocycles. The monoisotopic (exact) mass is 285 g/mol. The highest BCUT2D eigenvalue weighted by Crippen LogP contribution is 2.19. The summed E-state index contributed by atoms with van der Waals surface area (Å²) >= 11 is 5.39. The van der Waals surface area contributed by atoms with Crippen molar-refractivity contribution in [3.05, 3.63) is 64.5 Å². The van der Waals surface area contributed by atoms with Gasteiger partial charge in [-0.15, -0.1) is 0 Å². The second kappa shape index (κ2) is 4.90. The molecule has 0 amide bonds. The lowest BCUT2D eigenvalue weighted by Crippen LogP contribution is -2.04. The van der Waals surface area contributed by atoms with Gasteiger partial charge in [0.2, 0.25) is 5.89 Å². The minimum Gasteiger partial charge on any atom is -0.403 e. The zero-order valence-electron chi connectivity index (χ0n) is 10.2. The van der Waals surface area contributed by atoms with E-state index in [0.717, 1.165) is 0 Å². The second-order valence-electron chi connectivity index (χ2n) is 4.18. The Balaban J connectivity index is 2.24. The van der Waals surface area contributed by atoms with E-state index in [9.17, 15) is 9.59 Å². The largest absolute Gasteiger partial charge is 0.403 e. The molecule has 0 radical (unpaired) electrons. The van der Waals surface area contributed by atoms with Crippen molar-refractivity contribution < 1.29 is 9.21 Å². The van der Waals surface area contributed by atoms with E-state index in [1.807, 2.05) is 18.2 Å². The number of aromatic nitrogens is 1. The molecule has 0 bridgehead atoms. The maximum absolute atomic E-state index is 12.0. The summed E-state index contributed by atoms with van der Waals surface area (Å²) in [5.74, 6) is 0.244. The molecule has 2 aromatic carbocycles. The van der Waals surface area contributed by atoms with Crippen molar-refractivity contribution in [3.63, 3.8) is 0 Å². The Morgan fingerprint density at radius 3 is 2.55 bits per heavy atom. The van der Waals surface area contributed by atoms with Gasteiger partial charge in [0, 0.05) is 11.1 Å².